The maximum Gasteiger partial charge on any atom is 0.243 e. The van der Waals surface area contributed by atoms with Crippen molar-refractivity contribution in [2.75, 3.05) is 13.1 Å². The number of alkyl halides is 1. The summed E-state index contributed by atoms with van der Waals surface area (Å²) in [5.74, 6) is 0.900. The molecule has 5 heteroatoms. The van der Waals surface area contributed by atoms with Crippen molar-refractivity contribution in [1.29, 1.82) is 0 Å². The Morgan fingerprint density at radius 1 is 1.25 bits per heavy atom. The van der Waals surface area contributed by atoms with E-state index in [0.717, 1.165) is 12.8 Å². The maximum atomic E-state index is 12.7. The topological polar surface area (TPSA) is 37.4 Å². The van der Waals surface area contributed by atoms with Crippen LogP contribution in [0, 0.1) is 5.92 Å². The van der Waals surface area contributed by atoms with Gasteiger partial charge in [-0.05, 0) is 30.4 Å². The van der Waals surface area contributed by atoms with Gasteiger partial charge in [0.15, 0.2) is 0 Å². The van der Waals surface area contributed by atoms with Crippen LogP contribution in [0.25, 0.3) is 0 Å². The van der Waals surface area contributed by atoms with E-state index in [2.05, 4.69) is 6.92 Å². The van der Waals surface area contributed by atoms with Crippen molar-refractivity contribution in [3.05, 3.63) is 29.8 Å². The van der Waals surface area contributed by atoms with Gasteiger partial charge in [0, 0.05) is 19.0 Å². The predicted octanol–water partition coefficient (Wildman–Crippen LogP) is 3.63. The normalized spacial score (nSPS) is 18.3. The minimum absolute atomic E-state index is 0.224. The molecule has 0 bridgehead atoms. The Labute approximate surface area is 127 Å². The Hall–Kier alpha value is -0.580. The van der Waals surface area contributed by atoms with Crippen molar-refractivity contribution in [2.45, 2.75) is 43.4 Å². The van der Waals surface area contributed by atoms with E-state index < -0.39 is 10.0 Å². The quantitative estimate of drug-likeness (QED) is 0.778. The molecule has 1 saturated heterocycles. The SMILES string of the molecule is CCCC1CCN(S(=O)(=O)c2ccccc2CCl)CC1. The summed E-state index contributed by atoms with van der Waals surface area (Å²) in [5.41, 5.74) is 0.685. The minimum Gasteiger partial charge on any atom is -0.207 e. The minimum atomic E-state index is -3.39. The Morgan fingerprint density at radius 2 is 1.90 bits per heavy atom. The number of sulfonamides is 1. The first kappa shape index (κ1) is 15.8. The van der Waals surface area contributed by atoms with Crippen LogP contribution in [0.3, 0.4) is 0 Å². The molecule has 1 aromatic rings. The summed E-state index contributed by atoms with van der Waals surface area (Å²) in [6, 6.07) is 7.02. The van der Waals surface area contributed by atoms with Crippen LogP contribution in [0.2, 0.25) is 0 Å². The first-order valence-corrected chi connectivity index (χ1v) is 9.21. The van der Waals surface area contributed by atoms with E-state index in [0.29, 0.717) is 29.5 Å². The summed E-state index contributed by atoms with van der Waals surface area (Å²) in [6.07, 6.45) is 4.31. The average Bonchev–Trinajstić information content (AvgIpc) is 2.48. The predicted molar refractivity (Wildman–Crippen MR) is 82.4 cm³/mol. The second kappa shape index (κ2) is 6.92. The van der Waals surface area contributed by atoms with Crippen LogP contribution < -0.4 is 0 Å². The molecule has 2 rings (SSSR count). The van der Waals surface area contributed by atoms with Crippen LogP contribution in [0.15, 0.2) is 29.2 Å². The third kappa shape index (κ3) is 3.35. The zero-order chi connectivity index (χ0) is 14.6. The lowest BCUT2D eigenvalue weighted by Crippen LogP contribution is -2.38. The van der Waals surface area contributed by atoms with Crippen molar-refractivity contribution in [3.63, 3.8) is 0 Å². The summed E-state index contributed by atoms with van der Waals surface area (Å²) in [5, 5.41) is 0. The largest absolute Gasteiger partial charge is 0.243 e. The van der Waals surface area contributed by atoms with Crippen LogP contribution in [-0.2, 0) is 15.9 Å². The van der Waals surface area contributed by atoms with Gasteiger partial charge in [-0.3, -0.25) is 0 Å². The number of benzene rings is 1. The molecule has 1 aliphatic rings. The molecule has 0 unspecified atom stereocenters. The molecule has 0 aromatic heterocycles. The standard InChI is InChI=1S/C15H22ClNO2S/c1-2-5-13-8-10-17(11-9-13)20(18,19)15-7-4-3-6-14(15)12-16/h3-4,6-7,13H,2,5,8-12H2,1H3. The van der Waals surface area contributed by atoms with Gasteiger partial charge >= 0.3 is 0 Å². The number of nitrogens with zero attached hydrogens (tertiary/aromatic N) is 1. The molecule has 0 aliphatic carbocycles. The van der Waals surface area contributed by atoms with E-state index in [9.17, 15) is 8.42 Å². The fourth-order valence-electron chi connectivity index (χ4n) is 2.85. The molecule has 112 valence electrons. The van der Waals surface area contributed by atoms with E-state index in [1.54, 1.807) is 22.5 Å². The Kier molecular flexibility index (Phi) is 5.47. The average molecular weight is 316 g/mol. The molecule has 1 heterocycles. The van der Waals surface area contributed by atoms with Crippen LogP contribution >= 0.6 is 11.6 Å². The molecule has 0 amide bonds. The molecule has 0 N–H and O–H groups in total. The molecule has 1 aliphatic heterocycles. The van der Waals surface area contributed by atoms with Gasteiger partial charge in [0.2, 0.25) is 10.0 Å². The number of piperidine rings is 1. The lowest BCUT2D eigenvalue weighted by molar-refractivity contribution is 0.262. The van der Waals surface area contributed by atoms with E-state index >= 15 is 0 Å². The molecule has 1 fully saturated rings. The van der Waals surface area contributed by atoms with Crippen LogP contribution in [0.5, 0.6) is 0 Å². The van der Waals surface area contributed by atoms with Crippen molar-refractivity contribution < 1.29 is 8.42 Å². The highest BCUT2D eigenvalue weighted by molar-refractivity contribution is 7.89. The molecule has 0 atom stereocenters. The second-order valence-corrected chi connectivity index (χ2v) is 7.55. The number of halogens is 1. The van der Waals surface area contributed by atoms with Crippen LogP contribution in [0.4, 0.5) is 0 Å². The Balaban J connectivity index is 2.16. The molecular formula is C15H22ClNO2S. The van der Waals surface area contributed by atoms with Crippen molar-refractivity contribution >= 4 is 21.6 Å². The zero-order valence-corrected chi connectivity index (χ0v) is 13.5. The lowest BCUT2D eigenvalue weighted by atomic mass is 9.94. The van der Waals surface area contributed by atoms with E-state index in [1.807, 2.05) is 6.07 Å². The van der Waals surface area contributed by atoms with Crippen molar-refractivity contribution in [2.24, 2.45) is 5.92 Å². The Bertz CT molecular complexity index is 537. The first-order chi connectivity index (χ1) is 9.59. The highest BCUT2D eigenvalue weighted by Gasteiger charge is 2.30. The monoisotopic (exact) mass is 315 g/mol. The number of rotatable bonds is 5. The third-order valence-electron chi connectivity index (χ3n) is 4.00. The fourth-order valence-corrected chi connectivity index (χ4v) is 4.86. The van der Waals surface area contributed by atoms with Gasteiger partial charge in [0.25, 0.3) is 0 Å². The molecule has 1 aromatic carbocycles. The summed E-state index contributed by atoms with van der Waals surface area (Å²) >= 11 is 5.86. The van der Waals surface area contributed by atoms with Crippen molar-refractivity contribution in [1.82, 2.24) is 4.31 Å². The van der Waals surface area contributed by atoms with Gasteiger partial charge in [-0.15, -0.1) is 11.6 Å². The van der Waals surface area contributed by atoms with Crippen LogP contribution in [0.1, 0.15) is 38.2 Å². The molecule has 0 saturated carbocycles. The van der Waals surface area contributed by atoms with E-state index in [-0.39, 0.29) is 5.88 Å². The molecule has 20 heavy (non-hydrogen) atoms. The van der Waals surface area contributed by atoms with Gasteiger partial charge in [-0.25, -0.2) is 8.42 Å². The zero-order valence-electron chi connectivity index (χ0n) is 11.9. The van der Waals surface area contributed by atoms with Crippen molar-refractivity contribution in [3.8, 4) is 0 Å². The molecular weight excluding hydrogens is 294 g/mol. The summed E-state index contributed by atoms with van der Waals surface area (Å²) in [6.45, 7) is 3.44. The summed E-state index contributed by atoms with van der Waals surface area (Å²) in [7, 11) is -3.39. The summed E-state index contributed by atoms with van der Waals surface area (Å²) in [4.78, 5) is 0.365. The smallest absolute Gasteiger partial charge is 0.207 e. The van der Waals surface area contributed by atoms with Gasteiger partial charge in [0.05, 0.1) is 4.90 Å². The van der Waals surface area contributed by atoms with E-state index in [4.69, 9.17) is 11.6 Å². The number of hydrogen-bond acceptors (Lipinski definition) is 2. The van der Waals surface area contributed by atoms with Gasteiger partial charge < -0.3 is 0 Å². The van der Waals surface area contributed by atoms with E-state index in [1.165, 1.54) is 12.8 Å². The first-order valence-electron chi connectivity index (χ1n) is 7.23. The lowest BCUT2D eigenvalue weighted by Gasteiger charge is -2.31. The molecule has 0 radical (unpaired) electrons. The van der Waals surface area contributed by atoms with Gasteiger partial charge in [-0.2, -0.15) is 4.31 Å². The van der Waals surface area contributed by atoms with Crippen LogP contribution in [-0.4, -0.2) is 25.8 Å². The summed E-state index contributed by atoms with van der Waals surface area (Å²) < 4.78 is 27.0. The second-order valence-electron chi connectivity index (χ2n) is 5.38. The molecule has 3 nitrogen and oxygen atoms in total. The highest BCUT2D eigenvalue weighted by Crippen LogP contribution is 2.28. The third-order valence-corrected chi connectivity index (χ3v) is 6.29. The Morgan fingerprint density at radius 3 is 2.50 bits per heavy atom. The van der Waals surface area contributed by atoms with Gasteiger partial charge in [-0.1, -0.05) is 38.0 Å². The van der Waals surface area contributed by atoms with Gasteiger partial charge in [0.1, 0.15) is 0 Å². The fraction of sp³-hybridized carbons (Fsp3) is 0.600. The number of hydrogen-bond donors (Lipinski definition) is 0. The maximum absolute atomic E-state index is 12.7. The molecule has 0 spiro atoms. The highest BCUT2D eigenvalue weighted by atomic mass is 35.5.